The van der Waals surface area contributed by atoms with Gasteiger partial charge in [0.1, 0.15) is 5.75 Å². The van der Waals surface area contributed by atoms with Crippen LogP contribution in [0.5, 0.6) is 5.75 Å². The molecule has 3 aromatic carbocycles. The first kappa shape index (κ1) is 18.4. The van der Waals surface area contributed by atoms with Crippen LogP contribution in [0.4, 0.5) is 5.95 Å². The number of anilines is 1. The van der Waals surface area contributed by atoms with Gasteiger partial charge in [0.05, 0.1) is 7.11 Å². The lowest BCUT2D eigenvalue weighted by molar-refractivity contribution is 0.0947. The molecule has 0 fully saturated rings. The molecular formula is C23H20N4O2. The van der Waals surface area contributed by atoms with Gasteiger partial charge in [-0.05, 0) is 18.2 Å². The van der Waals surface area contributed by atoms with Gasteiger partial charge in [-0.25, -0.2) is 0 Å². The number of hydrogen-bond acceptors (Lipinski definition) is 5. The second-order valence-corrected chi connectivity index (χ2v) is 6.37. The van der Waals surface area contributed by atoms with Crippen molar-refractivity contribution in [2.45, 2.75) is 6.54 Å². The maximum atomic E-state index is 13.0. The Hall–Kier alpha value is -3.93. The molecule has 6 nitrogen and oxygen atoms in total. The van der Waals surface area contributed by atoms with Gasteiger partial charge in [0.25, 0.3) is 5.91 Å². The molecule has 1 aromatic heterocycles. The summed E-state index contributed by atoms with van der Waals surface area (Å²) in [5.74, 6) is 1.38. The van der Waals surface area contributed by atoms with Crippen molar-refractivity contribution in [3.8, 4) is 17.1 Å². The number of ether oxygens (including phenoxy) is 1. The summed E-state index contributed by atoms with van der Waals surface area (Å²) in [6.07, 6.45) is 0. The number of rotatable bonds is 6. The Morgan fingerprint density at radius 1 is 0.931 bits per heavy atom. The highest BCUT2D eigenvalue weighted by Crippen LogP contribution is 2.21. The first-order valence-corrected chi connectivity index (χ1v) is 9.24. The molecule has 1 heterocycles. The van der Waals surface area contributed by atoms with E-state index in [2.05, 4.69) is 15.4 Å². The van der Waals surface area contributed by atoms with Crippen molar-refractivity contribution in [3.63, 3.8) is 0 Å². The fourth-order valence-corrected chi connectivity index (χ4v) is 3.00. The minimum Gasteiger partial charge on any atom is -0.496 e. The Morgan fingerprint density at radius 3 is 2.31 bits per heavy atom. The second-order valence-electron chi connectivity index (χ2n) is 6.37. The Bertz CT molecular complexity index is 1110. The quantitative estimate of drug-likeness (QED) is 0.538. The molecule has 0 aliphatic heterocycles. The predicted molar refractivity (Wildman–Crippen MR) is 112 cm³/mol. The molecule has 0 atom stereocenters. The van der Waals surface area contributed by atoms with Crippen LogP contribution >= 0.6 is 0 Å². The van der Waals surface area contributed by atoms with Crippen LogP contribution in [-0.2, 0) is 6.54 Å². The average molecular weight is 384 g/mol. The van der Waals surface area contributed by atoms with Crippen molar-refractivity contribution in [2.24, 2.45) is 0 Å². The highest BCUT2D eigenvalue weighted by atomic mass is 16.5. The van der Waals surface area contributed by atoms with Crippen molar-refractivity contribution in [1.29, 1.82) is 0 Å². The smallest absolute Gasteiger partial charge is 0.281 e. The minimum atomic E-state index is -0.247. The summed E-state index contributed by atoms with van der Waals surface area (Å²) >= 11 is 0. The van der Waals surface area contributed by atoms with E-state index in [0.717, 1.165) is 16.9 Å². The molecule has 0 amide bonds. The van der Waals surface area contributed by atoms with E-state index in [1.807, 2.05) is 72.8 Å². The van der Waals surface area contributed by atoms with E-state index in [1.165, 1.54) is 4.68 Å². The van der Waals surface area contributed by atoms with E-state index < -0.39 is 0 Å². The lowest BCUT2D eigenvalue weighted by Crippen LogP contribution is -2.17. The van der Waals surface area contributed by atoms with Crippen LogP contribution < -0.4 is 10.1 Å². The van der Waals surface area contributed by atoms with E-state index in [9.17, 15) is 4.79 Å². The summed E-state index contributed by atoms with van der Waals surface area (Å²) in [7, 11) is 1.63. The molecule has 1 N–H and O–H groups in total. The maximum Gasteiger partial charge on any atom is 0.281 e. The number of hydrogen-bond donors (Lipinski definition) is 1. The minimum absolute atomic E-state index is 0.247. The molecule has 6 heteroatoms. The third kappa shape index (κ3) is 4.01. The van der Waals surface area contributed by atoms with Crippen molar-refractivity contribution in [3.05, 3.63) is 96.1 Å². The molecule has 0 saturated carbocycles. The molecule has 0 aliphatic rings. The zero-order chi connectivity index (χ0) is 20.1. The number of benzene rings is 3. The maximum absolute atomic E-state index is 13.0. The molecule has 144 valence electrons. The van der Waals surface area contributed by atoms with Gasteiger partial charge in [-0.2, -0.15) is 9.67 Å². The van der Waals surface area contributed by atoms with Crippen LogP contribution in [0.15, 0.2) is 84.9 Å². The number of methoxy groups -OCH3 is 1. The molecule has 0 unspecified atom stereocenters. The van der Waals surface area contributed by atoms with Crippen LogP contribution in [0.1, 0.15) is 15.9 Å². The van der Waals surface area contributed by atoms with E-state index in [-0.39, 0.29) is 5.91 Å². The number of aromatic nitrogens is 3. The summed E-state index contributed by atoms with van der Waals surface area (Å²) in [5, 5.41) is 7.71. The summed E-state index contributed by atoms with van der Waals surface area (Å²) in [6, 6.07) is 26.3. The van der Waals surface area contributed by atoms with E-state index in [4.69, 9.17) is 4.74 Å². The summed E-state index contributed by atoms with van der Waals surface area (Å²) in [4.78, 5) is 17.6. The highest BCUT2D eigenvalue weighted by Gasteiger charge is 2.18. The van der Waals surface area contributed by atoms with Gasteiger partial charge in [-0.15, -0.1) is 5.10 Å². The van der Waals surface area contributed by atoms with Crippen LogP contribution in [-0.4, -0.2) is 27.8 Å². The topological polar surface area (TPSA) is 69.0 Å². The second kappa shape index (κ2) is 8.39. The highest BCUT2D eigenvalue weighted by molar-refractivity contribution is 5.97. The van der Waals surface area contributed by atoms with Crippen LogP contribution in [0.25, 0.3) is 11.4 Å². The summed E-state index contributed by atoms with van der Waals surface area (Å²) in [6.45, 7) is 0.443. The Morgan fingerprint density at radius 2 is 1.59 bits per heavy atom. The van der Waals surface area contributed by atoms with Gasteiger partial charge >= 0.3 is 0 Å². The fraction of sp³-hybridized carbons (Fsp3) is 0.0870. The number of carbonyl (C=O) groups is 1. The zero-order valence-corrected chi connectivity index (χ0v) is 15.9. The fourth-order valence-electron chi connectivity index (χ4n) is 3.00. The SMILES string of the molecule is COc1ccccc1CNc1nc(-c2ccccc2)nn1C(=O)c1ccccc1. The van der Waals surface area contributed by atoms with Crippen LogP contribution in [0.3, 0.4) is 0 Å². The van der Waals surface area contributed by atoms with E-state index in [0.29, 0.717) is 23.9 Å². The van der Waals surface area contributed by atoms with Crippen molar-refractivity contribution in [1.82, 2.24) is 14.8 Å². The van der Waals surface area contributed by atoms with Gasteiger partial charge in [-0.3, -0.25) is 4.79 Å². The largest absolute Gasteiger partial charge is 0.496 e. The molecule has 4 aromatic rings. The molecule has 4 rings (SSSR count). The normalized spacial score (nSPS) is 10.5. The van der Waals surface area contributed by atoms with Crippen molar-refractivity contribution >= 4 is 11.9 Å². The van der Waals surface area contributed by atoms with Crippen molar-refractivity contribution < 1.29 is 9.53 Å². The molecule has 0 radical (unpaired) electrons. The summed E-state index contributed by atoms with van der Waals surface area (Å²) in [5.41, 5.74) is 2.34. The molecule has 0 saturated heterocycles. The molecule has 0 bridgehead atoms. The molecule has 0 spiro atoms. The van der Waals surface area contributed by atoms with Crippen LogP contribution in [0.2, 0.25) is 0 Å². The van der Waals surface area contributed by atoms with Gasteiger partial charge in [0, 0.05) is 23.2 Å². The number of carbonyl (C=O) groups excluding carboxylic acids is 1. The average Bonchev–Trinajstić information content (AvgIpc) is 3.23. The number of nitrogens with zero attached hydrogens (tertiary/aromatic N) is 3. The first-order valence-electron chi connectivity index (χ1n) is 9.24. The third-order valence-electron chi connectivity index (χ3n) is 4.48. The Balaban J connectivity index is 1.69. The third-order valence-corrected chi connectivity index (χ3v) is 4.48. The lowest BCUT2D eigenvalue weighted by Gasteiger charge is -2.10. The molecule has 0 aliphatic carbocycles. The molecule has 29 heavy (non-hydrogen) atoms. The summed E-state index contributed by atoms with van der Waals surface area (Å²) < 4.78 is 6.72. The lowest BCUT2D eigenvalue weighted by atomic mass is 10.2. The van der Waals surface area contributed by atoms with Crippen molar-refractivity contribution in [2.75, 3.05) is 12.4 Å². The van der Waals surface area contributed by atoms with Gasteiger partial charge < -0.3 is 10.1 Å². The molecular weight excluding hydrogens is 364 g/mol. The van der Waals surface area contributed by atoms with Gasteiger partial charge in [0.2, 0.25) is 5.95 Å². The van der Waals surface area contributed by atoms with E-state index >= 15 is 0 Å². The van der Waals surface area contributed by atoms with E-state index in [1.54, 1.807) is 19.2 Å². The Kier molecular flexibility index (Phi) is 5.33. The number of para-hydroxylation sites is 1. The Labute approximate surface area is 168 Å². The van der Waals surface area contributed by atoms with Crippen LogP contribution in [0, 0.1) is 0 Å². The zero-order valence-electron chi connectivity index (χ0n) is 15.9. The predicted octanol–water partition coefficient (Wildman–Crippen LogP) is 4.25. The van der Waals surface area contributed by atoms with Gasteiger partial charge in [0.15, 0.2) is 5.82 Å². The standard InChI is InChI=1S/C23H20N4O2/c1-29-20-15-9-8-14-19(20)16-24-23-25-21(17-10-4-2-5-11-17)26-27(23)22(28)18-12-6-3-7-13-18/h2-15H,16H2,1H3,(H,24,25,26). The number of nitrogens with one attached hydrogen (secondary N) is 1. The monoisotopic (exact) mass is 384 g/mol. The van der Waals surface area contributed by atoms with Gasteiger partial charge in [-0.1, -0.05) is 66.7 Å². The first-order chi connectivity index (χ1) is 14.3.